The molecule has 2 aromatic rings. The lowest BCUT2D eigenvalue weighted by molar-refractivity contribution is 0.190. The summed E-state index contributed by atoms with van der Waals surface area (Å²) in [6, 6.07) is 12.8. The Kier molecular flexibility index (Phi) is 9.63. The van der Waals surface area contributed by atoms with Gasteiger partial charge in [0.15, 0.2) is 0 Å². The molecule has 2 atom stereocenters. The van der Waals surface area contributed by atoms with Gasteiger partial charge < -0.3 is 15.3 Å². The Labute approximate surface area is 170 Å². The fourth-order valence-electron chi connectivity index (χ4n) is 2.47. The molecule has 0 saturated carbocycles. The van der Waals surface area contributed by atoms with Gasteiger partial charge in [0.05, 0.1) is 22.3 Å². The Morgan fingerprint density at radius 2 is 1.69 bits per heavy atom. The van der Waals surface area contributed by atoms with Crippen molar-refractivity contribution in [2.24, 2.45) is 0 Å². The van der Waals surface area contributed by atoms with Crippen molar-refractivity contribution in [3.05, 3.63) is 69.2 Å². The molecule has 2 rings (SSSR count). The number of aliphatic hydroxyl groups is 1. The zero-order valence-electron chi connectivity index (χ0n) is 14.4. The Morgan fingerprint density at radius 3 is 2.31 bits per heavy atom. The van der Waals surface area contributed by atoms with Gasteiger partial charge in [-0.1, -0.05) is 59.1 Å². The van der Waals surface area contributed by atoms with Gasteiger partial charge in [-0.2, -0.15) is 0 Å². The van der Waals surface area contributed by atoms with E-state index in [9.17, 15) is 14.6 Å². The molecule has 3 N–H and O–H groups in total. The number of aryl methyl sites for hydroxylation is 1. The molecule has 0 amide bonds. The minimum atomic E-state index is -3.44. The fourth-order valence-corrected chi connectivity index (χ4v) is 4.49. The van der Waals surface area contributed by atoms with Crippen molar-refractivity contribution in [3.8, 4) is 0 Å². The first kappa shape index (κ1) is 23.5. The summed E-state index contributed by atoms with van der Waals surface area (Å²) in [4.78, 5) is 10.1. The number of aliphatic hydroxyl groups excluding tert-OH is 1. The maximum Gasteiger partial charge on any atom is 0.207 e. The number of rotatable bonds is 8. The second kappa shape index (κ2) is 10.7. The summed E-state index contributed by atoms with van der Waals surface area (Å²) in [6.45, 7) is 2.67. The molecular formula is C18H23Cl3NO3P. The van der Waals surface area contributed by atoms with E-state index in [0.717, 1.165) is 16.7 Å². The third-order valence-electron chi connectivity index (χ3n) is 3.74. The zero-order valence-corrected chi connectivity index (χ0v) is 17.6. The van der Waals surface area contributed by atoms with Crippen LogP contribution in [0.4, 0.5) is 0 Å². The molecule has 0 fully saturated rings. The summed E-state index contributed by atoms with van der Waals surface area (Å²) >= 11 is 11.8. The third-order valence-corrected chi connectivity index (χ3v) is 6.33. The monoisotopic (exact) mass is 437 g/mol. The molecule has 0 radical (unpaired) electrons. The van der Waals surface area contributed by atoms with Gasteiger partial charge in [-0.25, -0.2) is 0 Å². The van der Waals surface area contributed by atoms with Crippen LogP contribution in [0.2, 0.25) is 10.0 Å². The first-order valence-corrected chi connectivity index (χ1v) is 10.7. The second-order valence-corrected chi connectivity index (χ2v) is 9.39. The zero-order chi connectivity index (χ0) is 18.4. The van der Waals surface area contributed by atoms with Crippen LogP contribution in [0.5, 0.6) is 0 Å². The van der Waals surface area contributed by atoms with Gasteiger partial charge in [0.2, 0.25) is 7.37 Å². The maximum atomic E-state index is 12.3. The number of halogens is 3. The Bertz CT molecular complexity index is 756. The van der Waals surface area contributed by atoms with Gasteiger partial charge in [-0.3, -0.25) is 4.57 Å². The molecule has 2 unspecified atom stereocenters. The molecule has 0 spiro atoms. The summed E-state index contributed by atoms with van der Waals surface area (Å²) in [5.41, 5.74) is 2.82. The lowest BCUT2D eigenvalue weighted by Gasteiger charge is -2.17. The van der Waals surface area contributed by atoms with Crippen molar-refractivity contribution in [2.75, 3.05) is 12.7 Å². The highest BCUT2D eigenvalue weighted by atomic mass is 35.5. The molecule has 8 heteroatoms. The van der Waals surface area contributed by atoms with Gasteiger partial charge in [0, 0.05) is 19.3 Å². The molecule has 26 heavy (non-hydrogen) atoms. The van der Waals surface area contributed by atoms with Gasteiger partial charge in [0.1, 0.15) is 0 Å². The Balaban J connectivity index is 0.00000338. The van der Waals surface area contributed by atoms with Crippen molar-refractivity contribution in [3.63, 3.8) is 0 Å². The van der Waals surface area contributed by atoms with Crippen molar-refractivity contribution >= 4 is 43.0 Å². The van der Waals surface area contributed by atoms with Gasteiger partial charge in [-0.05, 0) is 30.2 Å². The van der Waals surface area contributed by atoms with Crippen LogP contribution in [0.1, 0.15) is 16.7 Å². The van der Waals surface area contributed by atoms with Crippen LogP contribution < -0.4 is 5.32 Å². The average molecular weight is 439 g/mol. The lowest BCUT2D eigenvalue weighted by atomic mass is 10.2. The van der Waals surface area contributed by atoms with Crippen LogP contribution in [0.15, 0.2) is 42.5 Å². The first-order valence-electron chi connectivity index (χ1n) is 7.94. The van der Waals surface area contributed by atoms with Crippen LogP contribution in [0.25, 0.3) is 0 Å². The van der Waals surface area contributed by atoms with Crippen LogP contribution in [-0.4, -0.2) is 28.8 Å². The number of hydrogen-bond donors (Lipinski definition) is 3. The number of nitrogens with one attached hydrogen (secondary N) is 1. The fraction of sp³-hybridized carbons (Fsp3) is 0.333. The normalized spacial score (nSPS) is 14.3. The lowest BCUT2D eigenvalue weighted by Crippen LogP contribution is -2.29. The molecular weight excluding hydrogens is 416 g/mol. The van der Waals surface area contributed by atoms with E-state index in [1.165, 1.54) is 0 Å². The first-order chi connectivity index (χ1) is 11.7. The molecule has 0 aliphatic carbocycles. The van der Waals surface area contributed by atoms with E-state index < -0.39 is 13.5 Å². The molecule has 0 aliphatic heterocycles. The summed E-state index contributed by atoms with van der Waals surface area (Å²) in [6.07, 6.45) is -0.976. The van der Waals surface area contributed by atoms with E-state index in [1.54, 1.807) is 12.1 Å². The molecule has 2 aromatic carbocycles. The standard InChI is InChI=1S/C18H22Cl2NO3P.ClH/c1-13-2-4-14(5-3-13)11-25(23,24)12-16(22)10-21-9-15-6-7-17(19)18(20)8-15;/h2-8,16,21-22H,9-12H2,1H3,(H,23,24);1H. The summed E-state index contributed by atoms with van der Waals surface area (Å²) in [5.74, 6) is 0. The van der Waals surface area contributed by atoms with Crippen LogP contribution >= 0.6 is 43.0 Å². The SMILES string of the molecule is Cc1ccc(CP(=O)(O)CC(O)CNCc2ccc(Cl)c(Cl)c2)cc1.Cl. The van der Waals surface area contributed by atoms with E-state index >= 15 is 0 Å². The highest BCUT2D eigenvalue weighted by Crippen LogP contribution is 2.44. The Hall–Kier alpha value is -0.580. The van der Waals surface area contributed by atoms with Gasteiger partial charge in [0.25, 0.3) is 0 Å². The molecule has 0 aromatic heterocycles. The van der Waals surface area contributed by atoms with Crippen molar-refractivity contribution in [1.82, 2.24) is 5.32 Å². The minimum Gasteiger partial charge on any atom is -0.391 e. The van der Waals surface area contributed by atoms with E-state index in [1.807, 2.05) is 37.3 Å². The topological polar surface area (TPSA) is 69.6 Å². The highest BCUT2D eigenvalue weighted by molar-refractivity contribution is 7.57. The van der Waals surface area contributed by atoms with Gasteiger partial charge in [-0.15, -0.1) is 12.4 Å². The van der Waals surface area contributed by atoms with Crippen molar-refractivity contribution < 1.29 is 14.6 Å². The summed E-state index contributed by atoms with van der Waals surface area (Å²) in [7, 11) is -3.44. The number of benzene rings is 2. The third kappa shape index (κ3) is 7.98. The molecule has 0 aliphatic rings. The molecule has 0 bridgehead atoms. The van der Waals surface area contributed by atoms with Crippen molar-refractivity contribution in [2.45, 2.75) is 25.7 Å². The van der Waals surface area contributed by atoms with E-state index in [-0.39, 0.29) is 31.3 Å². The smallest absolute Gasteiger partial charge is 0.207 e. The van der Waals surface area contributed by atoms with Gasteiger partial charge >= 0.3 is 0 Å². The van der Waals surface area contributed by atoms with Crippen LogP contribution in [-0.2, 0) is 17.3 Å². The molecule has 4 nitrogen and oxygen atoms in total. The number of hydrogen-bond acceptors (Lipinski definition) is 3. The van der Waals surface area contributed by atoms with Crippen molar-refractivity contribution in [1.29, 1.82) is 0 Å². The summed E-state index contributed by atoms with van der Waals surface area (Å²) < 4.78 is 12.3. The average Bonchev–Trinajstić information content (AvgIpc) is 2.52. The van der Waals surface area contributed by atoms with E-state index in [2.05, 4.69) is 5.32 Å². The minimum absolute atomic E-state index is 0. The molecule has 0 heterocycles. The molecule has 0 saturated heterocycles. The largest absolute Gasteiger partial charge is 0.391 e. The predicted molar refractivity (Wildman–Crippen MR) is 111 cm³/mol. The van der Waals surface area contributed by atoms with E-state index in [0.29, 0.717) is 16.6 Å². The van der Waals surface area contributed by atoms with E-state index in [4.69, 9.17) is 23.2 Å². The molecule has 144 valence electrons. The van der Waals surface area contributed by atoms with Crippen LogP contribution in [0.3, 0.4) is 0 Å². The Morgan fingerprint density at radius 1 is 1.08 bits per heavy atom. The predicted octanol–water partition coefficient (Wildman–Crippen LogP) is 4.64. The summed E-state index contributed by atoms with van der Waals surface area (Å²) in [5, 5.41) is 14.1. The quantitative estimate of drug-likeness (QED) is 0.525. The highest BCUT2D eigenvalue weighted by Gasteiger charge is 2.23. The maximum absolute atomic E-state index is 12.3. The second-order valence-electron chi connectivity index (χ2n) is 6.21. The van der Waals surface area contributed by atoms with Crippen LogP contribution in [0, 0.1) is 6.92 Å².